The highest BCUT2D eigenvalue weighted by molar-refractivity contribution is 6.01. The number of likely N-dealkylation sites (N-methyl/N-ethyl adjacent to an activating group) is 1. The number of amides is 1. The fourth-order valence-electron chi connectivity index (χ4n) is 3.41. The van der Waals surface area contributed by atoms with Gasteiger partial charge in [-0.3, -0.25) is 4.79 Å². The minimum atomic E-state index is -0.122. The minimum Gasteiger partial charge on any atom is -0.355 e. The Labute approximate surface area is 169 Å². The van der Waals surface area contributed by atoms with E-state index in [1.165, 1.54) is 0 Å². The third-order valence-electron chi connectivity index (χ3n) is 4.83. The standard InChI is InChI=1S/C24H23N3O2/c1-27(2)16-22(17-9-5-3-6-10-17)25-24(28)19-13-14-21-20(15-19)23(29-26-21)18-11-7-4-8-12-18/h3-15,22H,16H2,1-2H3,(H,25,28)/t22-/m0/s1. The first-order valence-corrected chi connectivity index (χ1v) is 9.57. The largest absolute Gasteiger partial charge is 0.355 e. The number of nitrogens with one attached hydrogen (secondary N) is 1. The van der Waals surface area contributed by atoms with E-state index in [1.807, 2.05) is 86.9 Å². The summed E-state index contributed by atoms with van der Waals surface area (Å²) in [6.07, 6.45) is 0. The molecule has 29 heavy (non-hydrogen) atoms. The Kier molecular flexibility index (Phi) is 5.40. The molecule has 3 aromatic carbocycles. The zero-order chi connectivity index (χ0) is 20.2. The molecule has 0 saturated heterocycles. The second-order valence-electron chi connectivity index (χ2n) is 7.31. The first-order chi connectivity index (χ1) is 14.1. The van der Waals surface area contributed by atoms with Gasteiger partial charge in [0.25, 0.3) is 5.91 Å². The topological polar surface area (TPSA) is 58.4 Å². The summed E-state index contributed by atoms with van der Waals surface area (Å²) in [5.41, 5.74) is 3.32. The van der Waals surface area contributed by atoms with Crippen LogP contribution < -0.4 is 5.32 Å². The van der Waals surface area contributed by atoms with Crippen LogP contribution in [0.25, 0.3) is 22.2 Å². The van der Waals surface area contributed by atoms with Gasteiger partial charge in [0.1, 0.15) is 5.52 Å². The molecule has 1 atom stereocenters. The van der Waals surface area contributed by atoms with Gasteiger partial charge in [-0.05, 0) is 37.9 Å². The first-order valence-electron chi connectivity index (χ1n) is 9.57. The van der Waals surface area contributed by atoms with E-state index in [0.29, 0.717) is 17.9 Å². The monoisotopic (exact) mass is 385 g/mol. The van der Waals surface area contributed by atoms with E-state index in [4.69, 9.17) is 4.52 Å². The molecule has 1 aromatic heterocycles. The average Bonchev–Trinajstić information content (AvgIpc) is 3.17. The Morgan fingerprint density at radius 1 is 1.00 bits per heavy atom. The number of carbonyl (C=O) groups is 1. The summed E-state index contributed by atoms with van der Waals surface area (Å²) in [4.78, 5) is 15.1. The van der Waals surface area contributed by atoms with E-state index >= 15 is 0 Å². The first kappa shape index (κ1) is 18.9. The maximum absolute atomic E-state index is 13.0. The molecule has 0 aliphatic heterocycles. The Balaban J connectivity index is 1.64. The van der Waals surface area contributed by atoms with Gasteiger partial charge in [-0.25, -0.2) is 0 Å². The number of carbonyl (C=O) groups excluding carboxylic acids is 1. The van der Waals surface area contributed by atoms with Crippen LogP contribution in [0.3, 0.4) is 0 Å². The normalized spacial score (nSPS) is 12.2. The fraction of sp³-hybridized carbons (Fsp3) is 0.167. The lowest BCUT2D eigenvalue weighted by molar-refractivity contribution is 0.0930. The van der Waals surface area contributed by atoms with Crippen molar-refractivity contribution in [1.29, 1.82) is 0 Å². The smallest absolute Gasteiger partial charge is 0.251 e. The number of benzene rings is 3. The van der Waals surface area contributed by atoms with Crippen LogP contribution in [-0.2, 0) is 0 Å². The lowest BCUT2D eigenvalue weighted by Gasteiger charge is -2.23. The summed E-state index contributed by atoms with van der Waals surface area (Å²) in [6.45, 7) is 0.709. The molecular weight excluding hydrogens is 362 g/mol. The van der Waals surface area contributed by atoms with Crippen LogP contribution in [0.4, 0.5) is 0 Å². The van der Waals surface area contributed by atoms with Gasteiger partial charge in [-0.1, -0.05) is 65.8 Å². The molecule has 0 spiro atoms. The molecule has 4 aromatic rings. The van der Waals surface area contributed by atoms with Crippen LogP contribution >= 0.6 is 0 Å². The van der Waals surface area contributed by atoms with Gasteiger partial charge in [0.05, 0.1) is 11.4 Å². The van der Waals surface area contributed by atoms with Crippen molar-refractivity contribution in [3.63, 3.8) is 0 Å². The van der Waals surface area contributed by atoms with E-state index in [9.17, 15) is 4.79 Å². The molecule has 5 heteroatoms. The van der Waals surface area contributed by atoms with Crippen LogP contribution in [0.5, 0.6) is 0 Å². The Morgan fingerprint density at radius 3 is 2.38 bits per heavy atom. The van der Waals surface area contributed by atoms with Gasteiger partial charge in [0, 0.05) is 17.7 Å². The average molecular weight is 385 g/mol. The summed E-state index contributed by atoms with van der Waals surface area (Å²) in [6, 6.07) is 25.2. The van der Waals surface area contributed by atoms with Gasteiger partial charge in [-0.2, -0.15) is 0 Å². The molecule has 1 N–H and O–H groups in total. The molecule has 0 bridgehead atoms. The van der Waals surface area contributed by atoms with Crippen molar-refractivity contribution in [3.8, 4) is 11.3 Å². The summed E-state index contributed by atoms with van der Waals surface area (Å²) in [7, 11) is 3.99. The lowest BCUT2D eigenvalue weighted by atomic mass is 10.0. The van der Waals surface area contributed by atoms with Crippen molar-refractivity contribution in [2.24, 2.45) is 0 Å². The number of aromatic nitrogens is 1. The van der Waals surface area contributed by atoms with E-state index in [2.05, 4.69) is 15.4 Å². The molecule has 5 nitrogen and oxygen atoms in total. The molecule has 0 aliphatic carbocycles. The molecule has 146 valence electrons. The van der Waals surface area contributed by atoms with Gasteiger partial charge < -0.3 is 14.7 Å². The second kappa shape index (κ2) is 8.29. The summed E-state index contributed by atoms with van der Waals surface area (Å²) in [5.74, 6) is 0.547. The molecular formula is C24H23N3O2. The summed E-state index contributed by atoms with van der Waals surface area (Å²) >= 11 is 0. The molecule has 0 fully saturated rings. The van der Waals surface area contributed by atoms with Gasteiger partial charge in [-0.15, -0.1) is 0 Å². The van der Waals surface area contributed by atoms with Crippen molar-refractivity contribution in [2.75, 3.05) is 20.6 Å². The molecule has 0 saturated carbocycles. The third-order valence-corrected chi connectivity index (χ3v) is 4.83. The predicted molar refractivity (Wildman–Crippen MR) is 115 cm³/mol. The highest BCUT2D eigenvalue weighted by Crippen LogP contribution is 2.29. The molecule has 0 aliphatic rings. The zero-order valence-electron chi connectivity index (χ0n) is 16.5. The number of hydrogen-bond donors (Lipinski definition) is 1. The van der Waals surface area contributed by atoms with Gasteiger partial charge in [0.15, 0.2) is 5.76 Å². The van der Waals surface area contributed by atoms with Crippen LogP contribution in [-0.4, -0.2) is 36.6 Å². The van der Waals surface area contributed by atoms with E-state index < -0.39 is 0 Å². The predicted octanol–water partition coefficient (Wildman–Crippen LogP) is 4.53. The SMILES string of the molecule is CN(C)C[C@H](NC(=O)c1ccc2noc(-c3ccccc3)c2c1)c1ccccc1. The van der Waals surface area contributed by atoms with Crippen LogP contribution in [0.15, 0.2) is 83.4 Å². The molecule has 0 unspecified atom stereocenters. The van der Waals surface area contributed by atoms with Crippen molar-refractivity contribution in [3.05, 3.63) is 90.0 Å². The Hall–Kier alpha value is -3.44. The van der Waals surface area contributed by atoms with Crippen molar-refractivity contribution in [1.82, 2.24) is 15.4 Å². The highest BCUT2D eigenvalue weighted by Gasteiger charge is 2.18. The van der Waals surface area contributed by atoms with Crippen molar-refractivity contribution < 1.29 is 9.32 Å². The molecule has 4 rings (SSSR count). The number of nitrogens with zero attached hydrogens (tertiary/aromatic N) is 2. The van der Waals surface area contributed by atoms with E-state index in [0.717, 1.165) is 22.0 Å². The molecule has 0 radical (unpaired) electrons. The van der Waals surface area contributed by atoms with Crippen LogP contribution in [0, 0.1) is 0 Å². The van der Waals surface area contributed by atoms with E-state index in [1.54, 1.807) is 6.07 Å². The van der Waals surface area contributed by atoms with Crippen molar-refractivity contribution >= 4 is 16.8 Å². The number of rotatable bonds is 6. The minimum absolute atomic E-state index is 0.106. The molecule has 1 amide bonds. The zero-order valence-corrected chi connectivity index (χ0v) is 16.5. The highest BCUT2D eigenvalue weighted by atomic mass is 16.5. The maximum Gasteiger partial charge on any atom is 0.251 e. The van der Waals surface area contributed by atoms with Gasteiger partial charge in [0.2, 0.25) is 0 Å². The Morgan fingerprint density at radius 2 is 1.69 bits per heavy atom. The Bertz CT molecular complexity index is 1100. The fourth-order valence-corrected chi connectivity index (χ4v) is 3.41. The maximum atomic E-state index is 13.0. The molecule has 1 heterocycles. The second-order valence-corrected chi connectivity index (χ2v) is 7.31. The summed E-state index contributed by atoms with van der Waals surface area (Å²) in [5, 5.41) is 8.12. The number of fused-ring (bicyclic) bond motifs is 1. The number of hydrogen-bond acceptors (Lipinski definition) is 4. The van der Waals surface area contributed by atoms with Crippen LogP contribution in [0.2, 0.25) is 0 Å². The van der Waals surface area contributed by atoms with Crippen LogP contribution in [0.1, 0.15) is 22.0 Å². The lowest BCUT2D eigenvalue weighted by Crippen LogP contribution is -2.35. The van der Waals surface area contributed by atoms with E-state index in [-0.39, 0.29) is 11.9 Å². The third kappa shape index (κ3) is 4.20. The van der Waals surface area contributed by atoms with Crippen molar-refractivity contribution in [2.45, 2.75) is 6.04 Å². The quantitative estimate of drug-likeness (QED) is 0.530. The summed E-state index contributed by atoms with van der Waals surface area (Å²) < 4.78 is 5.55. The van der Waals surface area contributed by atoms with Gasteiger partial charge >= 0.3 is 0 Å².